The molecule has 0 saturated carbocycles. The van der Waals surface area contributed by atoms with Crippen molar-refractivity contribution in [3.63, 3.8) is 0 Å². The van der Waals surface area contributed by atoms with Crippen LogP contribution in [0.2, 0.25) is 0 Å². The van der Waals surface area contributed by atoms with E-state index < -0.39 is 16.5 Å². The minimum atomic E-state index is -0.658. The fourth-order valence-corrected chi connectivity index (χ4v) is 2.93. The van der Waals surface area contributed by atoms with E-state index in [4.69, 9.17) is 4.74 Å². The first-order chi connectivity index (χ1) is 14.4. The zero-order chi connectivity index (χ0) is 21.4. The molecule has 0 fully saturated rings. The summed E-state index contributed by atoms with van der Waals surface area (Å²) in [6.07, 6.45) is 2.68. The van der Waals surface area contributed by atoms with Crippen molar-refractivity contribution < 1.29 is 24.0 Å². The lowest BCUT2D eigenvalue weighted by Crippen LogP contribution is -2.05. The van der Waals surface area contributed by atoms with Crippen LogP contribution in [0.4, 0.5) is 10.1 Å². The van der Waals surface area contributed by atoms with Gasteiger partial charge in [-0.25, -0.2) is 13.9 Å². The van der Waals surface area contributed by atoms with Crippen LogP contribution < -0.4 is 4.74 Å². The van der Waals surface area contributed by atoms with E-state index in [1.54, 1.807) is 6.07 Å². The van der Waals surface area contributed by atoms with E-state index in [2.05, 4.69) is 10.1 Å². The summed E-state index contributed by atoms with van der Waals surface area (Å²) in [7, 11) is 1.36. The lowest BCUT2D eigenvalue weighted by Gasteiger charge is -2.04. The number of ketones is 1. The van der Waals surface area contributed by atoms with Gasteiger partial charge in [-0.15, -0.1) is 0 Å². The normalized spacial score (nSPS) is 10.9. The first-order valence-corrected chi connectivity index (χ1v) is 8.59. The number of carbonyl (C=O) groups excluding carboxylic acids is 1. The number of aromatic nitrogens is 3. The van der Waals surface area contributed by atoms with Crippen molar-refractivity contribution in [2.45, 2.75) is 0 Å². The number of phenols is 1. The van der Waals surface area contributed by atoms with Crippen molar-refractivity contribution >= 4 is 17.1 Å². The smallest absolute Gasteiger partial charge is 0.270 e. The molecule has 1 N–H and O–H groups in total. The zero-order valence-electron chi connectivity index (χ0n) is 15.4. The highest BCUT2D eigenvalue weighted by molar-refractivity contribution is 6.10. The van der Waals surface area contributed by atoms with E-state index in [0.717, 1.165) is 18.2 Å². The van der Waals surface area contributed by atoms with Gasteiger partial charge in [0, 0.05) is 36.2 Å². The molecule has 4 aromatic rings. The third kappa shape index (κ3) is 3.30. The van der Waals surface area contributed by atoms with Gasteiger partial charge in [0.25, 0.3) is 5.69 Å². The molecule has 2 aromatic carbocycles. The molecule has 9 nitrogen and oxygen atoms in total. The van der Waals surface area contributed by atoms with Gasteiger partial charge in [0.1, 0.15) is 5.75 Å². The summed E-state index contributed by atoms with van der Waals surface area (Å²) < 4.78 is 20.0. The number of hydrogen-bond donors (Lipinski definition) is 1. The summed E-state index contributed by atoms with van der Waals surface area (Å²) >= 11 is 0. The number of hydrogen-bond acceptors (Lipinski definition) is 7. The highest BCUT2D eigenvalue weighted by atomic mass is 19.1. The maximum absolute atomic E-state index is 13.6. The first-order valence-electron chi connectivity index (χ1n) is 8.59. The van der Waals surface area contributed by atoms with Crippen molar-refractivity contribution in [3.05, 3.63) is 81.9 Å². The molecule has 4 rings (SSSR count). The van der Waals surface area contributed by atoms with Gasteiger partial charge in [-0.3, -0.25) is 14.9 Å². The van der Waals surface area contributed by atoms with Crippen LogP contribution in [0.25, 0.3) is 16.9 Å². The van der Waals surface area contributed by atoms with Gasteiger partial charge in [-0.1, -0.05) is 0 Å². The number of nitrogens with zero attached hydrogens (tertiary/aromatic N) is 4. The molecule has 10 heteroatoms. The molecule has 0 amide bonds. The summed E-state index contributed by atoms with van der Waals surface area (Å²) in [6.45, 7) is 0. The predicted octanol–water partition coefficient (Wildman–Crippen LogP) is 3.39. The van der Waals surface area contributed by atoms with E-state index in [1.165, 1.54) is 42.2 Å². The summed E-state index contributed by atoms with van der Waals surface area (Å²) in [4.78, 5) is 27.2. The third-order valence-electron chi connectivity index (χ3n) is 4.46. The Labute approximate surface area is 168 Å². The van der Waals surface area contributed by atoms with Crippen LogP contribution in [0, 0.1) is 15.9 Å². The number of rotatable bonds is 5. The number of benzene rings is 2. The van der Waals surface area contributed by atoms with E-state index in [1.807, 2.05) is 0 Å². The van der Waals surface area contributed by atoms with Gasteiger partial charge >= 0.3 is 0 Å². The van der Waals surface area contributed by atoms with Gasteiger partial charge in [0.2, 0.25) is 0 Å². The zero-order valence-corrected chi connectivity index (χ0v) is 15.4. The van der Waals surface area contributed by atoms with Crippen LogP contribution in [0.1, 0.15) is 15.9 Å². The molecular weight excluding hydrogens is 395 g/mol. The van der Waals surface area contributed by atoms with Crippen LogP contribution in [0.3, 0.4) is 0 Å². The molecule has 2 heterocycles. The molecule has 0 aliphatic carbocycles. The van der Waals surface area contributed by atoms with Crippen LogP contribution in [0.15, 0.2) is 54.9 Å². The van der Waals surface area contributed by atoms with Crippen molar-refractivity contribution in [3.8, 4) is 22.8 Å². The number of carbonyl (C=O) groups is 1. The Kier molecular flexibility index (Phi) is 4.59. The Morgan fingerprint density at radius 3 is 2.77 bits per heavy atom. The fourth-order valence-electron chi connectivity index (χ4n) is 2.93. The Bertz CT molecular complexity index is 1320. The number of halogens is 1. The molecule has 0 atom stereocenters. The molecule has 2 aromatic heterocycles. The lowest BCUT2D eigenvalue weighted by molar-refractivity contribution is -0.384. The summed E-state index contributed by atoms with van der Waals surface area (Å²) in [5.74, 6) is -1.47. The molecule has 0 unspecified atom stereocenters. The Morgan fingerprint density at radius 1 is 1.23 bits per heavy atom. The molecule has 0 saturated heterocycles. The maximum Gasteiger partial charge on any atom is 0.270 e. The van der Waals surface area contributed by atoms with Gasteiger partial charge in [-0.05, 0) is 24.3 Å². The predicted molar refractivity (Wildman–Crippen MR) is 103 cm³/mol. The molecule has 150 valence electrons. The van der Waals surface area contributed by atoms with E-state index in [9.17, 15) is 24.4 Å². The number of aromatic hydroxyl groups is 1. The SMILES string of the molecule is COc1cc(-c2cc3ncc(C(=O)c4cc([N+](=O)[O-])ccc4O)cn3n2)ccc1F. The van der Waals surface area contributed by atoms with Gasteiger partial charge in [0.05, 0.1) is 28.9 Å². The Morgan fingerprint density at radius 2 is 2.03 bits per heavy atom. The quantitative estimate of drug-likeness (QED) is 0.305. The molecule has 0 aliphatic rings. The van der Waals surface area contributed by atoms with Crippen LogP contribution >= 0.6 is 0 Å². The lowest BCUT2D eigenvalue weighted by atomic mass is 10.0. The Balaban J connectivity index is 1.73. The average Bonchev–Trinajstić information content (AvgIpc) is 3.17. The molecule has 0 bridgehead atoms. The highest BCUT2D eigenvalue weighted by Crippen LogP contribution is 2.27. The van der Waals surface area contributed by atoms with E-state index >= 15 is 0 Å². The highest BCUT2D eigenvalue weighted by Gasteiger charge is 2.19. The number of methoxy groups -OCH3 is 1. The number of non-ortho nitro benzene ring substituents is 1. The van der Waals surface area contributed by atoms with Gasteiger partial charge < -0.3 is 9.84 Å². The summed E-state index contributed by atoms with van der Waals surface area (Å²) in [5.41, 5.74) is 1.02. The Hall–Kier alpha value is -4.34. The minimum absolute atomic E-state index is 0.0644. The molecule has 0 spiro atoms. The second-order valence-electron chi connectivity index (χ2n) is 6.31. The maximum atomic E-state index is 13.6. The number of nitro benzene ring substituents is 1. The number of fused-ring (bicyclic) bond motifs is 1. The summed E-state index contributed by atoms with van der Waals surface area (Å²) in [6, 6.07) is 9.12. The molecule has 30 heavy (non-hydrogen) atoms. The van der Waals surface area contributed by atoms with Crippen LogP contribution in [0.5, 0.6) is 11.5 Å². The first kappa shape index (κ1) is 19.0. The molecule has 0 radical (unpaired) electrons. The number of phenolic OH excluding ortho intramolecular Hbond substituents is 1. The van der Waals surface area contributed by atoms with Crippen LogP contribution in [-0.4, -0.2) is 37.5 Å². The largest absolute Gasteiger partial charge is 0.507 e. The topological polar surface area (TPSA) is 120 Å². The van der Waals surface area contributed by atoms with Crippen molar-refractivity contribution in [1.82, 2.24) is 14.6 Å². The molecule has 0 aliphatic heterocycles. The van der Waals surface area contributed by atoms with Crippen LogP contribution in [-0.2, 0) is 0 Å². The average molecular weight is 408 g/mol. The van der Waals surface area contributed by atoms with Crippen molar-refractivity contribution in [2.75, 3.05) is 7.11 Å². The summed E-state index contributed by atoms with van der Waals surface area (Å²) in [5, 5.41) is 25.3. The number of ether oxygens (including phenoxy) is 1. The monoisotopic (exact) mass is 408 g/mol. The van der Waals surface area contributed by atoms with E-state index in [-0.39, 0.29) is 28.3 Å². The van der Waals surface area contributed by atoms with Crippen molar-refractivity contribution in [2.24, 2.45) is 0 Å². The van der Waals surface area contributed by atoms with E-state index in [0.29, 0.717) is 16.9 Å². The minimum Gasteiger partial charge on any atom is -0.507 e. The third-order valence-corrected chi connectivity index (χ3v) is 4.46. The standard InChI is InChI=1S/C20H13FN4O5/c1-30-18-6-11(2-4-15(18)21)16-8-19-22-9-12(10-24(19)23-16)20(27)14-7-13(25(28)29)3-5-17(14)26/h2-10,26H,1H3. The second kappa shape index (κ2) is 7.24. The van der Waals surface area contributed by atoms with Gasteiger partial charge in [-0.2, -0.15) is 5.10 Å². The molecular formula is C20H13FN4O5. The van der Waals surface area contributed by atoms with Gasteiger partial charge in [0.15, 0.2) is 23.0 Å². The van der Waals surface area contributed by atoms with Crippen molar-refractivity contribution in [1.29, 1.82) is 0 Å². The number of nitro groups is 1. The fraction of sp³-hybridized carbons (Fsp3) is 0.0500. The second-order valence-corrected chi connectivity index (χ2v) is 6.31.